The third-order valence-corrected chi connectivity index (χ3v) is 3.49. The molecule has 3 rings (SSSR count). The van der Waals surface area contributed by atoms with Crippen LogP contribution in [0.2, 0.25) is 0 Å². The molecule has 0 fully saturated rings. The van der Waals surface area contributed by atoms with Crippen molar-refractivity contribution in [1.82, 2.24) is 15.2 Å². The van der Waals surface area contributed by atoms with Crippen LogP contribution in [0.1, 0.15) is 23.3 Å². The van der Waals surface area contributed by atoms with Crippen LogP contribution in [0.15, 0.2) is 48.5 Å². The Bertz CT molecular complexity index is 787. The normalized spacial score (nSPS) is 12.0. The summed E-state index contributed by atoms with van der Waals surface area (Å²) >= 11 is 0. The Hall–Kier alpha value is -2.93. The van der Waals surface area contributed by atoms with Crippen LogP contribution in [0, 0.1) is 5.82 Å². The molecule has 2 aromatic carbocycles. The van der Waals surface area contributed by atoms with Crippen LogP contribution in [0.5, 0.6) is 11.5 Å². The van der Waals surface area contributed by atoms with E-state index in [1.165, 1.54) is 12.1 Å². The van der Waals surface area contributed by atoms with E-state index in [-0.39, 0.29) is 12.4 Å². The van der Waals surface area contributed by atoms with Crippen molar-refractivity contribution in [1.29, 1.82) is 0 Å². The second kappa shape index (κ2) is 7.10. The number of nitrogens with zero attached hydrogens (tertiary/aromatic N) is 2. The number of hydrogen-bond acceptors (Lipinski definition) is 5. The Morgan fingerprint density at radius 3 is 2.42 bits per heavy atom. The maximum atomic E-state index is 12.8. The second-order valence-corrected chi connectivity index (χ2v) is 5.13. The second-order valence-electron chi connectivity index (χ2n) is 5.13. The van der Waals surface area contributed by atoms with Crippen LogP contribution >= 0.6 is 0 Å². The number of rotatable bonds is 6. The summed E-state index contributed by atoms with van der Waals surface area (Å²) in [4.78, 5) is 4.34. The van der Waals surface area contributed by atoms with Crippen LogP contribution < -0.4 is 15.2 Å². The summed E-state index contributed by atoms with van der Waals surface area (Å²) in [5, 5.41) is 6.92. The molecule has 0 radical (unpaired) electrons. The van der Waals surface area contributed by atoms with E-state index in [9.17, 15) is 4.39 Å². The predicted molar refractivity (Wildman–Crippen MR) is 86.1 cm³/mol. The molecule has 24 heavy (non-hydrogen) atoms. The van der Waals surface area contributed by atoms with Gasteiger partial charge in [-0.1, -0.05) is 12.1 Å². The number of hydrogen-bond donors (Lipinski definition) is 2. The molecule has 0 spiro atoms. The molecule has 0 aliphatic rings. The van der Waals surface area contributed by atoms with Gasteiger partial charge in [-0.05, 0) is 42.0 Å². The summed E-state index contributed by atoms with van der Waals surface area (Å²) in [6.45, 7) is 0.188. The van der Waals surface area contributed by atoms with Crippen LogP contribution in [0.25, 0.3) is 0 Å². The molecule has 1 heterocycles. The summed E-state index contributed by atoms with van der Waals surface area (Å²) in [5.74, 6) is 2.01. The van der Waals surface area contributed by atoms with Crippen molar-refractivity contribution in [3.05, 3.63) is 71.6 Å². The van der Waals surface area contributed by atoms with Crippen molar-refractivity contribution in [2.75, 3.05) is 7.11 Å². The Labute approximate surface area is 138 Å². The molecule has 0 aliphatic carbocycles. The molecule has 1 aromatic heterocycles. The Morgan fingerprint density at radius 2 is 1.75 bits per heavy atom. The largest absolute Gasteiger partial charge is 0.497 e. The highest BCUT2D eigenvalue weighted by molar-refractivity contribution is 5.31. The van der Waals surface area contributed by atoms with E-state index in [1.54, 1.807) is 19.2 Å². The van der Waals surface area contributed by atoms with E-state index in [4.69, 9.17) is 15.2 Å². The van der Waals surface area contributed by atoms with Gasteiger partial charge in [0, 0.05) is 0 Å². The molecule has 0 amide bonds. The van der Waals surface area contributed by atoms with E-state index in [0.717, 1.165) is 11.3 Å². The summed E-state index contributed by atoms with van der Waals surface area (Å²) in [7, 11) is 1.61. The fraction of sp³-hybridized carbons (Fsp3) is 0.176. The zero-order chi connectivity index (χ0) is 16.9. The fourth-order valence-corrected chi connectivity index (χ4v) is 2.16. The Kier molecular flexibility index (Phi) is 4.72. The van der Waals surface area contributed by atoms with E-state index in [0.29, 0.717) is 17.4 Å². The third-order valence-electron chi connectivity index (χ3n) is 3.49. The minimum absolute atomic E-state index is 0.188. The lowest BCUT2D eigenvalue weighted by atomic mass is 10.1. The molecule has 3 N–H and O–H groups in total. The molecule has 0 saturated heterocycles. The molecule has 0 unspecified atom stereocenters. The van der Waals surface area contributed by atoms with Crippen LogP contribution in [0.4, 0.5) is 4.39 Å². The zero-order valence-electron chi connectivity index (χ0n) is 13.1. The van der Waals surface area contributed by atoms with Gasteiger partial charge < -0.3 is 15.2 Å². The minimum atomic E-state index is -0.452. The molecule has 1 atom stereocenters. The quantitative estimate of drug-likeness (QED) is 0.726. The number of ether oxygens (including phenoxy) is 2. The zero-order valence-corrected chi connectivity index (χ0v) is 13.1. The molecular weight excluding hydrogens is 311 g/mol. The number of H-pyrrole nitrogens is 1. The number of benzene rings is 2. The van der Waals surface area contributed by atoms with Crippen molar-refractivity contribution in [2.24, 2.45) is 5.73 Å². The van der Waals surface area contributed by atoms with Gasteiger partial charge in [0.05, 0.1) is 13.2 Å². The topological polar surface area (TPSA) is 86.0 Å². The van der Waals surface area contributed by atoms with Gasteiger partial charge in [-0.25, -0.2) is 9.37 Å². The number of methoxy groups -OCH3 is 1. The van der Waals surface area contributed by atoms with Gasteiger partial charge >= 0.3 is 0 Å². The molecule has 3 aromatic rings. The van der Waals surface area contributed by atoms with Crippen molar-refractivity contribution >= 4 is 0 Å². The van der Waals surface area contributed by atoms with Gasteiger partial charge in [-0.3, -0.25) is 5.10 Å². The highest BCUT2D eigenvalue weighted by atomic mass is 19.1. The first-order valence-corrected chi connectivity index (χ1v) is 7.35. The number of halogens is 1. The van der Waals surface area contributed by atoms with Crippen molar-refractivity contribution in [3.8, 4) is 11.5 Å². The fourth-order valence-electron chi connectivity index (χ4n) is 2.16. The predicted octanol–water partition coefficient (Wildman–Crippen LogP) is 2.58. The smallest absolute Gasteiger partial charge is 0.172 e. The van der Waals surface area contributed by atoms with Crippen LogP contribution in [-0.2, 0) is 6.61 Å². The average molecular weight is 328 g/mol. The first-order chi connectivity index (χ1) is 11.7. The summed E-state index contributed by atoms with van der Waals surface area (Å²) in [5.41, 5.74) is 7.05. The molecule has 0 bridgehead atoms. The van der Waals surface area contributed by atoms with Crippen LogP contribution in [-0.4, -0.2) is 22.3 Å². The highest BCUT2D eigenvalue weighted by Crippen LogP contribution is 2.20. The minimum Gasteiger partial charge on any atom is -0.497 e. The Morgan fingerprint density at radius 1 is 1.08 bits per heavy atom. The van der Waals surface area contributed by atoms with Gasteiger partial charge in [0.2, 0.25) is 0 Å². The summed E-state index contributed by atoms with van der Waals surface area (Å²) in [6, 6.07) is 12.7. The Balaban J connectivity index is 1.64. The number of aromatic nitrogens is 3. The van der Waals surface area contributed by atoms with Crippen molar-refractivity contribution in [2.45, 2.75) is 12.6 Å². The monoisotopic (exact) mass is 328 g/mol. The van der Waals surface area contributed by atoms with Gasteiger partial charge in [-0.15, -0.1) is 0 Å². The molecule has 6 nitrogen and oxygen atoms in total. The lowest BCUT2D eigenvalue weighted by molar-refractivity contribution is 0.296. The molecule has 7 heteroatoms. The lowest BCUT2D eigenvalue weighted by Gasteiger charge is -2.08. The first-order valence-electron chi connectivity index (χ1n) is 7.35. The molecule has 0 saturated carbocycles. The highest BCUT2D eigenvalue weighted by Gasteiger charge is 2.15. The van der Waals surface area contributed by atoms with Gasteiger partial charge in [0.1, 0.15) is 23.9 Å². The molecular formula is C17H17FN4O2. The molecule has 124 valence electrons. The third kappa shape index (κ3) is 3.69. The van der Waals surface area contributed by atoms with E-state index in [2.05, 4.69) is 15.2 Å². The van der Waals surface area contributed by atoms with Crippen molar-refractivity contribution < 1.29 is 13.9 Å². The number of nitrogens with two attached hydrogens (primary N) is 1. The lowest BCUT2D eigenvalue weighted by Crippen LogP contribution is -2.13. The first kappa shape index (κ1) is 15.9. The average Bonchev–Trinajstić information content (AvgIpc) is 3.10. The maximum absolute atomic E-state index is 12.8. The van der Waals surface area contributed by atoms with E-state index >= 15 is 0 Å². The number of nitrogens with one attached hydrogen (secondary N) is 1. The SMILES string of the molecule is COc1ccc([C@H](N)c2n[nH]c(COc3ccc(F)cc3)n2)cc1. The van der Waals surface area contributed by atoms with E-state index in [1.807, 2.05) is 24.3 Å². The number of aromatic amines is 1. The van der Waals surface area contributed by atoms with Crippen LogP contribution in [0.3, 0.4) is 0 Å². The molecule has 0 aliphatic heterocycles. The van der Waals surface area contributed by atoms with Gasteiger partial charge in [-0.2, -0.15) is 5.10 Å². The van der Waals surface area contributed by atoms with E-state index < -0.39 is 6.04 Å². The van der Waals surface area contributed by atoms with Gasteiger partial charge in [0.25, 0.3) is 0 Å². The standard InChI is InChI=1S/C17H17FN4O2/c1-23-13-6-2-11(3-7-13)16(19)17-20-15(21-22-17)10-24-14-8-4-12(18)5-9-14/h2-9,16H,10,19H2,1H3,(H,20,21,22)/t16-/m0/s1. The summed E-state index contributed by atoms with van der Waals surface area (Å²) < 4.78 is 23.5. The van der Waals surface area contributed by atoms with Gasteiger partial charge in [0.15, 0.2) is 11.6 Å². The summed E-state index contributed by atoms with van der Waals surface area (Å²) in [6.07, 6.45) is 0. The maximum Gasteiger partial charge on any atom is 0.172 e. The van der Waals surface area contributed by atoms with Crippen molar-refractivity contribution in [3.63, 3.8) is 0 Å².